The monoisotopic (exact) mass is 293 g/mol. The number of carbonyl (C=O) groups excluding carboxylic acids is 1. The van der Waals surface area contributed by atoms with Crippen LogP contribution in [-0.2, 0) is 4.79 Å². The molecule has 0 aliphatic carbocycles. The molecule has 1 aliphatic heterocycles. The van der Waals surface area contributed by atoms with Gasteiger partial charge in [-0.1, -0.05) is 0 Å². The Kier molecular flexibility index (Phi) is 4.69. The highest BCUT2D eigenvalue weighted by molar-refractivity contribution is 5.93. The Bertz CT molecular complexity index is 517. The van der Waals surface area contributed by atoms with Gasteiger partial charge in [0.15, 0.2) is 0 Å². The van der Waals surface area contributed by atoms with Gasteiger partial charge in [0.1, 0.15) is 5.75 Å². The summed E-state index contributed by atoms with van der Waals surface area (Å²) in [6.45, 7) is 3.89. The average molecular weight is 293 g/mol. The zero-order valence-electron chi connectivity index (χ0n) is 12.6. The quantitative estimate of drug-likeness (QED) is 0.707. The first-order valence-electron chi connectivity index (χ1n) is 7.08. The SMILES string of the molecule is COc1ccc(N)cc1NC(=O)CCN1CCC(C)(O)C1. The third-order valence-corrected chi connectivity index (χ3v) is 3.68. The molecule has 1 atom stereocenters. The van der Waals surface area contributed by atoms with Gasteiger partial charge in [-0.15, -0.1) is 0 Å². The molecule has 6 heteroatoms. The highest BCUT2D eigenvalue weighted by atomic mass is 16.5. The van der Waals surface area contributed by atoms with Crippen molar-refractivity contribution >= 4 is 17.3 Å². The molecule has 116 valence electrons. The molecule has 1 amide bonds. The highest BCUT2D eigenvalue weighted by Gasteiger charge is 2.31. The number of β-amino-alcohol motifs (C(OH)–C–C–N with tert-alkyl or cyclic N) is 1. The van der Waals surface area contributed by atoms with Crippen LogP contribution in [0.25, 0.3) is 0 Å². The van der Waals surface area contributed by atoms with E-state index >= 15 is 0 Å². The van der Waals surface area contributed by atoms with Gasteiger partial charge in [-0.25, -0.2) is 0 Å². The summed E-state index contributed by atoms with van der Waals surface area (Å²) >= 11 is 0. The minimum absolute atomic E-state index is 0.0922. The molecule has 0 radical (unpaired) electrons. The highest BCUT2D eigenvalue weighted by Crippen LogP contribution is 2.26. The number of carbonyl (C=O) groups is 1. The van der Waals surface area contributed by atoms with E-state index in [1.54, 1.807) is 25.3 Å². The van der Waals surface area contributed by atoms with Crippen LogP contribution in [0.3, 0.4) is 0 Å². The van der Waals surface area contributed by atoms with Gasteiger partial charge in [0.25, 0.3) is 0 Å². The average Bonchev–Trinajstić information content (AvgIpc) is 2.76. The van der Waals surface area contributed by atoms with E-state index in [1.807, 2.05) is 6.92 Å². The van der Waals surface area contributed by atoms with E-state index < -0.39 is 5.60 Å². The van der Waals surface area contributed by atoms with Crippen LogP contribution >= 0.6 is 0 Å². The van der Waals surface area contributed by atoms with Crippen molar-refractivity contribution < 1.29 is 14.6 Å². The lowest BCUT2D eigenvalue weighted by molar-refractivity contribution is -0.116. The number of aliphatic hydroxyl groups is 1. The third kappa shape index (κ3) is 4.34. The van der Waals surface area contributed by atoms with Crippen LogP contribution in [-0.4, -0.2) is 48.3 Å². The molecule has 1 aliphatic rings. The topological polar surface area (TPSA) is 87.8 Å². The van der Waals surface area contributed by atoms with E-state index in [1.165, 1.54) is 0 Å². The molecule has 1 unspecified atom stereocenters. The summed E-state index contributed by atoms with van der Waals surface area (Å²) in [6, 6.07) is 5.13. The van der Waals surface area contributed by atoms with Gasteiger partial charge < -0.3 is 20.9 Å². The summed E-state index contributed by atoms with van der Waals surface area (Å²) in [6.07, 6.45) is 1.12. The Morgan fingerprint density at radius 1 is 1.57 bits per heavy atom. The molecule has 2 rings (SSSR count). The molecule has 0 saturated carbocycles. The molecule has 0 bridgehead atoms. The maximum absolute atomic E-state index is 12.0. The van der Waals surface area contributed by atoms with Gasteiger partial charge in [0.05, 0.1) is 18.4 Å². The normalized spacial score (nSPS) is 22.2. The summed E-state index contributed by atoms with van der Waals surface area (Å²) in [5.74, 6) is 0.493. The maximum atomic E-state index is 12.0. The molecule has 0 spiro atoms. The van der Waals surface area contributed by atoms with Crippen molar-refractivity contribution in [3.63, 3.8) is 0 Å². The lowest BCUT2D eigenvalue weighted by Crippen LogP contribution is -2.31. The summed E-state index contributed by atoms with van der Waals surface area (Å²) < 4.78 is 5.19. The van der Waals surface area contributed by atoms with E-state index in [4.69, 9.17) is 10.5 Å². The number of rotatable bonds is 5. The molecule has 21 heavy (non-hydrogen) atoms. The van der Waals surface area contributed by atoms with Crippen molar-refractivity contribution in [3.05, 3.63) is 18.2 Å². The Labute approximate surface area is 124 Å². The van der Waals surface area contributed by atoms with Gasteiger partial charge in [0, 0.05) is 31.7 Å². The second kappa shape index (κ2) is 6.32. The summed E-state index contributed by atoms with van der Waals surface area (Å²) in [4.78, 5) is 14.1. The van der Waals surface area contributed by atoms with E-state index in [-0.39, 0.29) is 5.91 Å². The number of likely N-dealkylation sites (tertiary alicyclic amines) is 1. The van der Waals surface area contributed by atoms with Crippen molar-refractivity contribution in [2.45, 2.75) is 25.4 Å². The Morgan fingerprint density at radius 3 is 2.95 bits per heavy atom. The standard InChI is InChI=1S/C15H23N3O3/c1-15(20)6-8-18(10-15)7-5-14(19)17-12-9-11(16)3-4-13(12)21-2/h3-4,9,20H,5-8,10,16H2,1-2H3,(H,17,19). The number of hydrogen-bond acceptors (Lipinski definition) is 5. The summed E-state index contributed by atoms with van der Waals surface area (Å²) in [5, 5.41) is 12.7. The summed E-state index contributed by atoms with van der Waals surface area (Å²) in [7, 11) is 1.55. The zero-order chi connectivity index (χ0) is 15.5. The fourth-order valence-electron chi connectivity index (χ4n) is 2.53. The number of nitrogens with zero attached hydrogens (tertiary/aromatic N) is 1. The lowest BCUT2D eigenvalue weighted by Gasteiger charge is -2.18. The zero-order valence-corrected chi connectivity index (χ0v) is 12.6. The van der Waals surface area contributed by atoms with Crippen LogP contribution in [0.1, 0.15) is 19.8 Å². The maximum Gasteiger partial charge on any atom is 0.225 e. The first-order chi connectivity index (χ1) is 9.89. The minimum atomic E-state index is -0.631. The third-order valence-electron chi connectivity index (χ3n) is 3.68. The van der Waals surface area contributed by atoms with Crippen molar-refractivity contribution in [2.75, 3.05) is 37.8 Å². The second-order valence-corrected chi connectivity index (χ2v) is 5.78. The molecule has 1 aromatic rings. The molecule has 6 nitrogen and oxygen atoms in total. The Morgan fingerprint density at radius 2 is 2.33 bits per heavy atom. The van der Waals surface area contributed by atoms with Gasteiger partial charge >= 0.3 is 0 Å². The van der Waals surface area contributed by atoms with Crippen LogP contribution in [0.2, 0.25) is 0 Å². The van der Waals surface area contributed by atoms with E-state index in [2.05, 4.69) is 10.2 Å². The minimum Gasteiger partial charge on any atom is -0.495 e. The van der Waals surface area contributed by atoms with Crippen molar-refractivity contribution in [1.29, 1.82) is 0 Å². The fraction of sp³-hybridized carbons (Fsp3) is 0.533. The number of methoxy groups -OCH3 is 1. The number of benzene rings is 1. The number of hydrogen-bond donors (Lipinski definition) is 3. The Hall–Kier alpha value is -1.79. The van der Waals surface area contributed by atoms with Crippen molar-refractivity contribution in [3.8, 4) is 5.75 Å². The van der Waals surface area contributed by atoms with Crippen LogP contribution in [0, 0.1) is 0 Å². The van der Waals surface area contributed by atoms with E-state index in [9.17, 15) is 9.90 Å². The predicted molar refractivity (Wildman–Crippen MR) is 82.3 cm³/mol. The molecular formula is C15H23N3O3. The molecule has 1 heterocycles. The fourth-order valence-corrected chi connectivity index (χ4v) is 2.53. The van der Waals surface area contributed by atoms with Gasteiger partial charge in [0.2, 0.25) is 5.91 Å². The predicted octanol–water partition coefficient (Wildman–Crippen LogP) is 1.06. The van der Waals surface area contributed by atoms with E-state index in [0.717, 1.165) is 13.0 Å². The number of ether oxygens (including phenoxy) is 1. The molecule has 1 aromatic carbocycles. The van der Waals surface area contributed by atoms with Gasteiger partial charge in [-0.3, -0.25) is 9.69 Å². The van der Waals surface area contributed by atoms with Crippen LogP contribution in [0.4, 0.5) is 11.4 Å². The molecule has 0 aromatic heterocycles. The van der Waals surface area contributed by atoms with Gasteiger partial charge in [-0.2, -0.15) is 0 Å². The van der Waals surface area contributed by atoms with Crippen LogP contribution in [0.5, 0.6) is 5.75 Å². The smallest absolute Gasteiger partial charge is 0.225 e. The number of amides is 1. The molecular weight excluding hydrogens is 270 g/mol. The van der Waals surface area contributed by atoms with E-state index in [0.29, 0.717) is 36.6 Å². The van der Waals surface area contributed by atoms with Gasteiger partial charge in [-0.05, 0) is 31.5 Å². The number of nitrogens with two attached hydrogens (primary N) is 1. The number of nitrogens with one attached hydrogen (secondary N) is 1. The molecule has 4 N–H and O–H groups in total. The number of anilines is 2. The largest absolute Gasteiger partial charge is 0.495 e. The van der Waals surface area contributed by atoms with Crippen molar-refractivity contribution in [1.82, 2.24) is 4.90 Å². The van der Waals surface area contributed by atoms with Crippen LogP contribution in [0.15, 0.2) is 18.2 Å². The van der Waals surface area contributed by atoms with Crippen LogP contribution < -0.4 is 15.8 Å². The lowest BCUT2D eigenvalue weighted by atomic mass is 10.1. The first kappa shape index (κ1) is 15.6. The Balaban J connectivity index is 1.86. The number of nitrogen functional groups attached to an aromatic ring is 1. The molecule has 1 saturated heterocycles. The second-order valence-electron chi connectivity index (χ2n) is 5.78. The molecule has 1 fully saturated rings. The van der Waals surface area contributed by atoms with Crippen molar-refractivity contribution in [2.24, 2.45) is 0 Å². The first-order valence-corrected chi connectivity index (χ1v) is 7.08. The summed E-state index contributed by atoms with van der Waals surface area (Å²) in [5.41, 5.74) is 6.24.